The lowest BCUT2D eigenvalue weighted by molar-refractivity contribution is -0.136. The Kier molecular flexibility index (Phi) is 3.52. The fourth-order valence-corrected chi connectivity index (χ4v) is 0.626. The molecule has 6 nitrogen and oxygen atoms in total. The summed E-state index contributed by atoms with van der Waals surface area (Å²) in [5.74, 6) is -1.11. The second kappa shape index (κ2) is 3.68. The van der Waals surface area contributed by atoms with Gasteiger partial charge in [-0.15, -0.1) is 0 Å². The summed E-state index contributed by atoms with van der Waals surface area (Å²) < 4.78 is 13.4. The van der Waals surface area contributed by atoms with Gasteiger partial charge in [-0.05, 0) is 0 Å². The minimum absolute atomic E-state index is 0.412. The average Bonchev–Trinajstić information content (AvgIpc) is 1.59. The van der Waals surface area contributed by atoms with Crippen LogP contribution in [0.4, 0.5) is 0 Å². The van der Waals surface area contributed by atoms with Crippen LogP contribution in [0.15, 0.2) is 0 Å². The van der Waals surface area contributed by atoms with E-state index in [0.717, 1.165) is 0 Å². The Morgan fingerprint density at radius 2 is 2.00 bits per heavy atom. The summed E-state index contributed by atoms with van der Waals surface area (Å²) in [4.78, 5) is 26.2. The van der Waals surface area contributed by atoms with Gasteiger partial charge in [-0.25, -0.2) is 4.57 Å². The van der Waals surface area contributed by atoms with Crippen LogP contribution in [-0.2, 0) is 13.9 Å². The molecule has 0 rings (SSSR count). The van der Waals surface area contributed by atoms with Crippen LogP contribution in [0.3, 0.4) is 0 Å². The molecule has 0 aromatic carbocycles. The molecule has 0 spiro atoms. The summed E-state index contributed by atoms with van der Waals surface area (Å²) >= 11 is 0. The molecular formula is C3H7O6P. The number of rotatable bonds is 3. The maximum absolute atomic E-state index is 10.2. The van der Waals surface area contributed by atoms with Crippen molar-refractivity contribution in [1.29, 1.82) is 0 Å². The third kappa shape index (κ3) is 5.71. The van der Waals surface area contributed by atoms with Crippen molar-refractivity contribution in [2.24, 2.45) is 0 Å². The van der Waals surface area contributed by atoms with Gasteiger partial charge >= 0.3 is 13.8 Å². The topological polar surface area (TPSA) is 104 Å². The maximum atomic E-state index is 10.2. The number of aliphatic hydroxyl groups is 1. The van der Waals surface area contributed by atoms with Gasteiger partial charge in [0.1, 0.15) is 0 Å². The zero-order valence-electron chi connectivity index (χ0n) is 4.93. The molecule has 0 aromatic rings. The van der Waals surface area contributed by atoms with Gasteiger partial charge in [0.25, 0.3) is 0 Å². The number of hydrogen-bond acceptors (Lipinski definition) is 4. The standard InChI is InChI=1S/C3H7O6P/c4-2-1-3(5)9-10(6,7)8/h4H,1-2H2,(H2,6,7,8). The SMILES string of the molecule is O=C(CCO)OP(=O)(O)O. The largest absolute Gasteiger partial charge is 0.526 e. The number of phosphoric ester groups is 1. The molecule has 0 amide bonds. The molecule has 0 saturated heterocycles. The van der Waals surface area contributed by atoms with Crippen molar-refractivity contribution in [3.05, 3.63) is 0 Å². The van der Waals surface area contributed by atoms with Crippen molar-refractivity contribution in [2.45, 2.75) is 6.42 Å². The van der Waals surface area contributed by atoms with E-state index in [1.807, 2.05) is 0 Å². The van der Waals surface area contributed by atoms with E-state index in [2.05, 4.69) is 4.52 Å². The van der Waals surface area contributed by atoms with Gasteiger partial charge in [0.05, 0.1) is 13.0 Å². The van der Waals surface area contributed by atoms with Crippen molar-refractivity contribution in [3.8, 4) is 0 Å². The van der Waals surface area contributed by atoms with Crippen LogP contribution in [0.1, 0.15) is 6.42 Å². The molecule has 0 radical (unpaired) electrons. The molecular weight excluding hydrogens is 163 g/mol. The molecule has 10 heavy (non-hydrogen) atoms. The first-order valence-electron chi connectivity index (χ1n) is 2.34. The van der Waals surface area contributed by atoms with Crippen LogP contribution in [-0.4, -0.2) is 27.5 Å². The Labute approximate surface area is 56.7 Å². The van der Waals surface area contributed by atoms with Crippen LogP contribution in [0, 0.1) is 0 Å². The van der Waals surface area contributed by atoms with Crippen LogP contribution < -0.4 is 0 Å². The third-order valence-electron chi connectivity index (χ3n) is 0.537. The highest BCUT2D eigenvalue weighted by molar-refractivity contribution is 7.46. The summed E-state index contributed by atoms with van der Waals surface area (Å²) in [6.07, 6.45) is -0.412. The Morgan fingerprint density at radius 3 is 2.30 bits per heavy atom. The molecule has 60 valence electrons. The van der Waals surface area contributed by atoms with Crippen molar-refractivity contribution < 1.29 is 28.8 Å². The number of aliphatic hydroxyl groups excluding tert-OH is 1. The molecule has 3 N–H and O–H groups in total. The predicted octanol–water partition coefficient (Wildman–Crippen LogP) is -0.995. The zero-order chi connectivity index (χ0) is 8.20. The predicted molar refractivity (Wildman–Crippen MR) is 29.8 cm³/mol. The van der Waals surface area contributed by atoms with Crippen LogP contribution >= 0.6 is 7.82 Å². The van der Waals surface area contributed by atoms with Crippen molar-refractivity contribution in [3.63, 3.8) is 0 Å². The van der Waals surface area contributed by atoms with Crippen LogP contribution in [0.5, 0.6) is 0 Å². The first-order valence-corrected chi connectivity index (χ1v) is 3.87. The second-order valence-corrected chi connectivity index (χ2v) is 2.59. The molecule has 0 aliphatic heterocycles. The van der Waals surface area contributed by atoms with Gasteiger partial charge in [0, 0.05) is 0 Å². The van der Waals surface area contributed by atoms with E-state index >= 15 is 0 Å². The van der Waals surface area contributed by atoms with E-state index in [-0.39, 0.29) is 0 Å². The molecule has 0 atom stereocenters. The van der Waals surface area contributed by atoms with Crippen molar-refractivity contribution >= 4 is 13.8 Å². The summed E-state index contributed by atoms with van der Waals surface area (Å²) in [6, 6.07) is 0. The Bertz CT molecular complexity index is 158. The Hall–Kier alpha value is -0.420. The number of carbonyl (C=O) groups excluding carboxylic acids is 1. The van der Waals surface area contributed by atoms with Gasteiger partial charge in [0.2, 0.25) is 0 Å². The molecule has 7 heteroatoms. The summed E-state index contributed by atoms with van der Waals surface area (Å²) in [5, 5.41) is 8.08. The van der Waals surface area contributed by atoms with E-state index in [0.29, 0.717) is 0 Å². The lowest BCUT2D eigenvalue weighted by Gasteiger charge is -2.02. The van der Waals surface area contributed by atoms with Gasteiger partial charge in [-0.2, -0.15) is 0 Å². The Balaban J connectivity index is 3.70. The summed E-state index contributed by atoms with van der Waals surface area (Å²) in [5.41, 5.74) is 0. The number of carbonyl (C=O) groups is 1. The van der Waals surface area contributed by atoms with E-state index in [4.69, 9.17) is 14.9 Å². The van der Waals surface area contributed by atoms with Crippen LogP contribution in [0.2, 0.25) is 0 Å². The average molecular weight is 170 g/mol. The smallest absolute Gasteiger partial charge is 0.396 e. The van der Waals surface area contributed by atoms with Gasteiger partial charge in [0.15, 0.2) is 0 Å². The summed E-state index contributed by atoms with van der Waals surface area (Å²) in [7, 11) is -4.71. The molecule has 0 aliphatic rings. The second-order valence-electron chi connectivity index (χ2n) is 1.43. The van der Waals surface area contributed by atoms with Crippen molar-refractivity contribution in [2.75, 3.05) is 6.61 Å². The molecule has 0 aromatic heterocycles. The van der Waals surface area contributed by atoms with Gasteiger partial charge in [-0.1, -0.05) is 0 Å². The molecule has 0 aliphatic carbocycles. The maximum Gasteiger partial charge on any atom is 0.526 e. The highest BCUT2D eigenvalue weighted by atomic mass is 31.2. The van der Waals surface area contributed by atoms with Crippen molar-refractivity contribution in [1.82, 2.24) is 0 Å². The van der Waals surface area contributed by atoms with E-state index < -0.39 is 26.8 Å². The minimum atomic E-state index is -4.71. The lowest BCUT2D eigenvalue weighted by atomic mass is 10.5. The molecule has 0 bridgehead atoms. The first kappa shape index (κ1) is 9.58. The van der Waals surface area contributed by atoms with E-state index in [9.17, 15) is 9.36 Å². The van der Waals surface area contributed by atoms with Crippen LogP contribution in [0.25, 0.3) is 0 Å². The molecule has 0 saturated carbocycles. The summed E-state index contributed by atoms with van der Waals surface area (Å²) in [6.45, 7) is -0.487. The highest BCUT2D eigenvalue weighted by Crippen LogP contribution is 2.35. The Morgan fingerprint density at radius 1 is 1.50 bits per heavy atom. The fourth-order valence-electron chi connectivity index (χ4n) is 0.270. The molecule has 0 unspecified atom stereocenters. The minimum Gasteiger partial charge on any atom is -0.396 e. The monoisotopic (exact) mass is 170 g/mol. The normalized spacial score (nSPS) is 11.1. The first-order chi connectivity index (χ1) is 4.45. The zero-order valence-corrected chi connectivity index (χ0v) is 5.82. The van der Waals surface area contributed by atoms with E-state index in [1.165, 1.54) is 0 Å². The van der Waals surface area contributed by atoms with E-state index in [1.54, 1.807) is 0 Å². The van der Waals surface area contributed by atoms with Gasteiger partial charge in [-0.3, -0.25) is 14.6 Å². The number of phosphoric acid groups is 1. The third-order valence-corrected chi connectivity index (χ3v) is 0.978. The number of hydrogen-bond donors (Lipinski definition) is 3. The fraction of sp³-hybridized carbons (Fsp3) is 0.667. The highest BCUT2D eigenvalue weighted by Gasteiger charge is 2.19. The molecule has 0 heterocycles. The molecule has 0 fully saturated rings. The quantitative estimate of drug-likeness (QED) is 0.469. The van der Waals surface area contributed by atoms with Gasteiger partial charge < -0.3 is 9.63 Å². The lowest BCUT2D eigenvalue weighted by Crippen LogP contribution is -2.03.